The van der Waals surface area contributed by atoms with Gasteiger partial charge in [-0.15, -0.1) is 0 Å². The van der Waals surface area contributed by atoms with Crippen LogP contribution in [0, 0.1) is 0 Å². The van der Waals surface area contributed by atoms with E-state index in [-0.39, 0.29) is 24.8 Å². The number of rotatable bonds is 7. The number of carbonyl (C=O) groups is 1. The van der Waals surface area contributed by atoms with Gasteiger partial charge in [0.25, 0.3) is 0 Å². The summed E-state index contributed by atoms with van der Waals surface area (Å²) in [6.07, 6.45) is -4.65. The van der Waals surface area contributed by atoms with Gasteiger partial charge in [0.1, 0.15) is 5.75 Å². The number of ether oxygens (including phenoxy) is 1. The lowest BCUT2D eigenvalue weighted by atomic mass is 10.1. The van der Waals surface area contributed by atoms with Crippen LogP contribution in [0.25, 0.3) is 0 Å². The molecule has 1 rings (SSSR count). The number of hydrogen-bond donors (Lipinski definition) is 2. The Balaban J connectivity index is 2.89. The maximum absolute atomic E-state index is 13.0. The van der Waals surface area contributed by atoms with Gasteiger partial charge in [-0.2, -0.15) is 13.2 Å². The molecule has 0 spiro atoms. The van der Waals surface area contributed by atoms with E-state index >= 15 is 0 Å². The van der Waals surface area contributed by atoms with Gasteiger partial charge >= 0.3 is 6.18 Å². The highest BCUT2D eigenvalue weighted by Crippen LogP contribution is 2.36. The molecule has 0 radical (unpaired) electrons. The number of amides is 1. The Labute approximate surface area is 121 Å². The number of alkyl halides is 3. The third kappa shape index (κ3) is 6.03. The van der Waals surface area contributed by atoms with E-state index in [2.05, 4.69) is 5.32 Å². The molecule has 118 valence electrons. The topological polar surface area (TPSA) is 64.3 Å². The highest BCUT2D eigenvalue weighted by Gasteiger charge is 2.34. The van der Waals surface area contributed by atoms with E-state index in [1.165, 1.54) is 6.07 Å². The molecule has 0 bridgehead atoms. The molecule has 0 aliphatic heterocycles. The molecule has 3 N–H and O–H groups in total. The molecule has 7 heteroatoms. The molecule has 1 aromatic rings. The van der Waals surface area contributed by atoms with Crippen molar-refractivity contribution in [1.82, 2.24) is 5.32 Å². The average molecular weight is 304 g/mol. The molecule has 0 atom stereocenters. The third-order valence-corrected chi connectivity index (χ3v) is 2.67. The standard InChI is InChI=1S/C14H19F3N2O2/c1-9(2)19-8-10-3-4-12(21-6-5-13(18)20)11(7-10)14(15,16)17/h3-4,7,9,19H,5-6,8H2,1-2H3,(H2,18,20). The fourth-order valence-electron chi connectivity index (χ4n) is 1.62. The van der Waals surface area contributed by atoms with Crippen molar-refractivity contribution >= 4 is 5.91 Å². The molecule has 0 aromatic heterocycles. The van der Waals surface area contributed by atoms with Crippen LogP contribution in [0.5, 0.6) is 5.75 Å². The first-order valence-electron chi connectivity index (χ1n) is 6.54. The molecule has 0 aliphatic rings. The maximum atomic E-state index is 13.0. The predicted molar refractivity (Wildman–Crippen MR) is 72.7 cm³/mol. The van der Waals surface area contributed by atoms with E-state index in [0.29, 0.717) is 12.1 Å². The van der Waals surface area contributed by atoms with Gasteiger partial charge in [-0.05, 0) is 17.7 Å². The molecule has 0 heterocycles. The SMILES string of the molecule is CC(C)NCc1ccc(OCCC(N)=O)c(C(F)(F)F)c1. The zero-order valence-electron chi connectivity index (χ0n) is 12.0. The van der Waals surface area contributed by atoms with E-state index in [4.69, 9.17) is 10.5 Å². The summed E-state index contributed by atoms with van der Waals surface area (Å²) in [5.41, 5.74) is 4.58. The Bertz CT molecular complexity index is 488. The van der Waals surface area contributed by atoms with Crippen molar-refractivity contribution in [2.75, 3.05) is 6.61 Å². The van der Waals surface area contributed by atoms with Gasteiger partial charge in [0, 0.05) is 12.6 Å². The van der Waals surface area contributed by atoms with Crippen LogP contribution in [0.2, 0.25) is 0 Å². The second-order valence-corrected chi connectivity index (χ2v) is 4.93. The highest BCUT2D eigenvalue weighted by atomic mass is 19.4. The van der Waals surface area contributed by atoms with E-state index in [1.54, 1.807) is 6.07 Å². The molecule has 0 aliphatic carbocycles. The Kier molecular flexibility index (Phi) is 6.02. The van der Waals surface area contributed by atoms with Crippen LogP contribution >= 0.6 is 0 Å². The number of benzene rings is 1. The monoisotopic (exact) mass is 304 g/mol. The third-order valence-electron chi connectivity index (χ3n) is 2.67. The summed E-state index contributed by atoms with van der Waals surface area (Å²) in [6.45, 7) is 3.97. The number of hydrogen-bond acceptors (Lipinski definition) is 3. The predicted octanol–water partition coefficient (Wildman–Crippen LogP) is 2.46. The first-order chi connectivity index (χ1) is 9.70. The van der Waals surface area contributed by atoms with Crippen LogP contribution in [-0.4, -0.2) is 18.6 Å². The van der Waals surface area contributed by atoms with Gasteiger partial charge in [0.05, 0.1) is 18.6 Å². The second-order valence-electron chi connectivity index (χ2n) is 4.93. The molecule has 1 amide bonds. The molecule has 21 heavy (non-hydrogen) atoms. The number of primary amides is 1. The lowest BCUT2D eigenvalue weighted by Crippen LogP contribution is -2.22. The van der Waals surface area contributed by atoms with Crippen molar-refractivity contribution in [1.29, 1.82) is 0 Å². The normalized spacial score (nSPS) is 11.7. The van der Waals surface area contributed by atoms with Crippen LogP contribution in [0.1, 0.15) is 31.4 Å². The number of nitrogens with one attached hydrogen (secondary N) is 1. The quantitative estimate of drug-likeness (QED) is 0.813. The van der Waals surface area contributed by atoms with Crippen LogP contribution in [0.4, 0.5) is 13.2 Å². The average Bonchev–Trinajstić information content (AvgIpc) is 2.35. The molecular weight excluding hydrogens is 285 g/mol. The van der Waals surface area contributed by atoms with Gasteiger partial charge < -0.3 is 15.8 Å². The molecular formula is C14H19F3N2O2. The summed E-state index contributed by atoms with van der Waals surface area (Å²) in [5, 5.41) is 3.05. The van der Waals surface area contributed by atoms with E-state index in [1.807, 2.05) is 13.8 Å². The van der Waals surface area contributed by atoms with Crippen LogP contribution in [0.15, 0.2) is 18.2 Å². The van der Waals surface area contributed by atoms with Crippen LogP contribution < -0.4 is 15.8 Å². The van der Waals surface area contributed by atoms with Crippen molar-refractivity contribution in [3.63, 3.8) is 0 Å². The minimum absolute atomic E-state index is 0.131. The maximum Gasteiger partial charge on any atom is 0.419 e. The minimum Gasteiger partial charge on any atom is -0.492 e. The lowest BCUT2D eigenvalue weighted by Gasteiger charge is -2.16. The molecule has 0 unspecified atom stereocenters. The fourth-order valence-corrected chi connectivity index (χ4v) is 1.62. The molecule has 4 nitrogen and oxygen atoms in total. The van der Waals surface area contributed by atoms with E-state index in [0.717, 1.165) is 6.07 Å². The first kappa shape index (κ1) is 17.3. The van der Waals surface area contributed by atoms with Crippen LogP contribution in [0.3, 0.4) is 0 Å². The zero-order valence-corrected chi connectivity index (χ0v) is 12.0. The van der Waals surface area contributed by atoms with Gasteiger partial charge in [-0.1, -0.05) is 19.9 Å². The molecule has 0 fully saturated rings. The fraction of sp³-hybridized carbons (Fsp3) is 0.500. The summed E-state index contributed by atoms with van der Waals surface area (Å²) < 4.78 is 44.1. The number of nitrogens with two attached hydrogens (primary N) is 1. The summed E-state index contributed by atoms with van der Waals surface area (Å²) in [6, 6.07) is 4.05. The Hall–Kier alpha value is -1.76. The Morgan fingerprint density at radius 1 is 1.38 bits per heavy atom. The van der Waals surface area contributed by atoms with Gasteiger partial charge in [-0.3, -0.25) is 4.79 Å². The minimum atomic E-state index is -4.52. The smallest absolute Gasteiger partial charge is 0.419 e. The molecule has 0 saturated carbocycles. The van der Waals surface area contributed by atoms with Crippen molar-refractivity contribution in [2.24, 2.45) is 5.73 Å². The second kappa shape index (κ2) is 7.31. The molecule has 0 saturated heterocycles. The number of halogens is 3. The van der Waals surface area contributed by atoms with Crippen molar-refractivity contribution in [3.05, 3.63) is 29.3 Å². The first-order valence-corrected chi connectivity index (χ1v) is 6.54. The van der Waals surface area contributed by atoms with E-state index < -0.39 is 17.6 Å². The van der Waals surface area contributed by atoms with Gasteiger partial charge in [0.15, 0.2) is 0 Å². The summed E-state index contributed by atoms with van der Waals surface area (Å²) in [5.74, 6) is -0.918. The highest BCUT2D eigenvalue weighted by molar-refractivity contribution is 5.73. The van der Waals surface area contributed by atoms with Crippen molar-refractivity contribution in [2.45, 2.75) is 39.0 Å². The van der Waals surface area contributed by atoms with Crippen LogP contribution in [-0.2, 0) is 17.5 Å². The Morgan fingerprint density at radius 2 is 2.05 bits per heavy atom. The summed E-state index contributed by atoms with van der Waals surface area (Å²) in [7, 11) is 0. The van der Waals surface area contributed by atoms with Crippen molar-refractivity contribution < 1.29 is 22.7 Å². The lowest BCUT2D eigenvalue weighted by molar-refractivity contribution is -0.139. The van der Waals surface area contributed by atoms with Crippen molar-refractivity contribution in [3.8, 4) is 5.75 Å². The van der Waals surface area contributed by atoms with E-state index in [9.17, 15) is 18.0 Å². The largest absolute Gasteiger partial charge is 0.492 e. The molecule has 1 aromatic carbocycles. The summed E-state index contributed by atoms with van der Waals surface area (Å²) in [4.78, 5) is 10.6. The Morgan fingerprint density at radius 3 is 2.57 bits per heavy atom. The zero-order chi connectivity index (χ0) is 16.0. The van der Waals surface area contributed by atoms with Gasteiger partial charge in [0.2, 0.25) is 5.91 Å². The van der Waals surface area contributed by atoms with Gasteiger partial charge in [-0.25, -0.2) is 0 Å². The summed E-state index contributed by atoms with van der Waals surface area (Å²) >= 11 is 0. The number of carbonyl (C=O) groups excluding carboxylic acids is 1.